The van der Waals surface area contributed by atoms with Crippen LogP contribution >= 0.6 is 12.6 Å². The molecule has 0 aromatic heterocycles. The Labute approximate surface area is 112 Å². The Balaban J connectivity index is 2.74. The number of hydrogen-bond acceptors (Lipinski definition) is 2. The van der Waals surface area contributed by atoms with Gasteiger partial charge in [0.2, 0.25) is 0 Å². The molecule has 1 aromatic rings. The summed E-state index contributed by atoms with van der Waals surface area (Å²) < 4.78 is 0. The van der Waals surface area contributed by atoms with Crippen LogP contribution in [0.4, 0.5) is 5.69 Å². The molecule has 17 heavy (non-hydrogen) atoms. The van der Waals surface area contributed by atoms with Gasteiger partial charge in [0.1, 0.15) is 0 Å². The van der Waals surface area contributed by atoms with Crippen LogP contribution in [0.2, 0.25) is 0 Å². The van der Waals surface area contributed by atoms with Crippen molar-refractivity contribution in [2.75, 3.05) is 23.7 Å². The van der Waals surface area contributed by atoms with Gasteiger partial charge in [-0.05, 0) is 43.6 Å². The van der Waals surface area contributed by atoms with Crippen LogP contribution in [0.5, 0.6) is 0 Å². The van der Waals surface area contributed by atoms with Gasteiger partial charge in [-0.2, -0.15) is 12.6 Å². The predicted octanol–water partition coefficient (Wildman–Crippen LogP) is 4.02. The summed E-state index contributed by atoms with van der Waals surface area (Å²) in [6.07, 6.45) is 0. The Bertz CT molecular complexity index is 318. The number of nitrogens with zero attached hydrogens (tertiary/aromatic N) is 1. The van der Waals surface area contributed by atoms with E-state index in [4.69, 9.17) is 0 Å². The Morgan fingerprint density at radius 3 is 2.18 bits per heavy atom. The van der Waals surface area contributed by atoms with Crippen LogP contribution in [0.25, 0.3) is 0 Å². The molecule has 1 rings (SSSR count). The van der Waals surface area contributed by atoms with Crippen LogP contribution in [0.1, 0.15) is 26.3 Å². The Morgan fingerprint density at radius 1 is 1.18 bits per heavy atom. The van der Waals surface area contributed by atoms with Crippen molar-refractivity contribution in [2.24, 2.45) is 11.8 Å². The summed E-state index contributed by atoms with van der Waals surface area (Å²) in [5.74, 6) is 2.30. The van der Waals surface area contributed by atoms with Crippen molar-refractivity contribution < 1.29 is 0 Å². The Morgan fingerprint density at radius 2 is 1.76 bits per heavy atom. The maximum atomic E-state index is 4.47. The van der Waals surface area contributed by atoms with Crippen molar-refractivity contribution in [3.05, 3.63) is 29.8 Å². The van der Waals surface area contributed by atoms with Gasteiger partial charge >= 0.3 is 0 Å². The SMILES string of the molecule is CCN(CC(CS)C(C)C)c1ccc(C)cc1. The number of rotatable bonds is 6. The number of aryl methyl sites for hydroxylation is 1. The second kappa shape index (κ2) is 6.95. The molecule has 0 heterocycles. The van der Waals surface area contributed by atoms with E-state index in [9.17, 15) is 0 Å². The maximum Gasteiger partial charge on any atom is 0.0366 e. The van der Waals surface area contributed by atoms with Gasteiger partial charge in [0.05, 0.1) is 0 Å². The number of thiol groups is 1. The molecule has 1 atom stereocenters. The van der Waals surface area contributed by atoms with E-state index in [0.717, 1.165) is 18.8 Å². The number of benzene rings is 1. The molecular formula is C15H25NS. The van der Waals surface area contributed by atoms with Crippen LogP contribution in [0.15, 0.2) is 24.3 Å². The highest BCUT2D eigenvalue weighted by atomic mass is 32.1. The van der Waals surface area contributed by atoms with Crippen molar-refractivity contribution in [1.29, 1.82) is 0 Å². The lowest BCUT2D eigenvalue weighted by molar-refractivity contribution is 0.425. The minimum absolute atomic E-state index is 0.652. The molecule has 0 aliphatic carbocycles. The Hall–Kier alpha value is -0.630. The first-order valence-corrected chi connectivity index (χ1v) is 7.14. The fraction of sp³-hybridized carbons (Fsp3) is 0.600. The maximum absolute atomic E-state index is 4.47. The molecule has 0 bridgehead atoms. The van der Waals surface area contributed by atoms with Gasteiger partial charge in [-0.25, -0.2) is 0 Å². The summed E-state index contributed by atoms with van der Waals surface area (Å²) in [5.41, 5.74) is 2.64. The standard InChI is InChI=1S/C15H25NS/c1-5-16(10-14(11-17)12(2)3)15-8-6-13(4)7-9-15/h6-9,12,14,17H,5,10-11H2,1-4H3. The van der Waals surface area contributed by atoms with E-state index in [1.54, 1.807) is 0 Å². The van der Waals surface area contributed by atoms with Crippen LogP contribution in [0.3, 0.4) is 0 Å². The van der Waals surface area contributed by atoms with Gasteiger partial charge in [-0.1, -0.05) is 31.5 Å². The first-order valence-electron chi connectivity index (χ1n) is 6.51. The van der Waals surface area contributed by atoms with Gasteiger partial charge in [0.25, 0.3) is 0 Å². The van der Waals surface area contributed by atoms with Crippen LogP contribution in [-0.2, 0) is 0 Å². The quantitative estimate of drug-likeness (QED) is 0.747. The van der Waals surface area contributed by atoms with E-state index in [1.165, 1.54) is 11.3 Å². The summed E-state index contributed by atoms with van der Waals surface area (Å²) in [7, 11) is 0. The van der Waals surface area contributed by atoms with Gasteiger partial charge in [-0.15, -0.1) is 0 Å². The highest BCUT2D eigenvalue weighted by Crippen LogP contribution is 2.20. The highest BCUT2D eigenvalue weighted by Gasteiger charge is 2.15. The van der Waals surface area contributed by atoms with Crippen LogP contribution < -0.4 is 4.90 Å². The molecule has 2 heteroatoms. The first kappa shape index (κ1) is 14.4. The van der Waals surface area contributed by atoms with Crippen molar-refractivity contribution in [3.63, 3.8) is 0 Å². The normalized spacial score (nSPS) is 12.8. The lowest BCUT2D eigenvalue weighted by Gasteiger charge is -2.29. The van der Waals surface area contributed by atoms with Crippen molar-refractivity contribution in [1.82, 2.24) is 0 Å². The third-order valence-corrected chi connectivity index (χ3v) is 3.88. The summed E-state index contributed by atoms with van der Waals surface area (Å²) in [6, 6.07) is 8.80. The van der Waals surface area contributed by atoms with Crippen LogP contribution in [0, 0.1) is 18.8 Å². The summed E-state index contributed by atoms with van der Waals surface area (Å²) in [5, 5.41) is 0. The third kappa shape index (κ3) is 4.27. The van der Waals surface area contributed by atoms with E-state index in [1.807, 2.05) is 0 Å². The van der Waals surface area contributed by atoms with E-state index in [2.05, 4.69) is 69.5 Å². The van der Waals surface area contributed by atoms with Crippen molar-refractivity contribution >= 4 is 18.3 Å². The largest absolute Gasteiger partial charge is 0.371 e. The molecule has 0 radical (unpaired) electrons. The highest BCUT2D eigenvalue weighted by molar-refractivity contribution is 7.80. The molecule has 0 fully saturated rings. The third-order valence-electron chi connectivity index (χ3n) is 3.41. The molecule has 1 aromatic carbocycles. The molecule has 1 nitrogen and oxygen atoms in total. The molecule has 0 N–H and O–H groups in total. The summed E-state index contributed by atoms with van der Waals surface area (Å²) in [6.45, 7) is 11.1. The fourth-order valence-corrected chi connectivity index (χ4v) is 2.47. The first-order chi connectivity index (χ1) is 8.08. The van der Waals surface area contributed by atoms with Gasteiger partial charge in [-0.3, -0.25) is 0 Å². The van der Waals surface area contributed by atoms with Gasteiger partial charge in [0, 0.05) is 18.8 Å². The number of anilines is 1. The molecule has 1 unspecified atom stereocenters. The topological polar surface area (TPSA) is 3.24 Å². The van der Waals surface area contributed by atoms with E-state index < -0.39 is 0 Å². The zero-order chi connectivity index (χ0) is 12.8. The van der Waals surface area contributed by atoms with Gasteiger partial charge < -0.3 is 4.90 Å². The van der Waals surface area contributed by atoms with E-state index in [0.29, 0.717) is 11.8 Å². The summed E-state index contributed by atoms with van der Waals surface area (Å²) >= 11 is 4.47. The van der Waals surface area contributed by atoms with Crippen molar-refractivity contribution in [2.45, 2.75) is 27.7 Å². The second-order valence-corrected chi connectivity index (χ2v) is 5.43. The second-order valence-electron chi connectivity index (χ2n) is 5.06. The zero-order valence-corrected chi connectivity index (χ0v) is 12.4. The molecule has 0 spiro atoms. The fourth-order valence-electron chi connectivity index (χ4n) is 1.94. The van der Waals surface area contributed by atoms with Crippen LogP contribution in [-0.4, -0.2) is 18.8 Å². The predicted molar refractivity (Wildman–Crippen MR) is 81.2 cm³/mol. The molecule has 0 aliphatic rings. The average molecular weight is 251 g/mol. The molecule has 96 valence electrons. The zero-order valence-electron chi connectivity index (χ0n) is 11.5. The van der Waals surface area contributed by atoms with Crippen molar-refractivity contribution in [3.8, 4) is 0 Å². The minimum Gasteiger partial charge on any atom is -0.371 e. The lowest BCUT2D eigenvalue weighted by atomic mass is 9.97. The molecule has 0 amide bonds. The lowest BCUT2D eigenvalue weighted by Crippen LogP contribution is -2.32. The average Bonchev–Trinajstić information content (AvgIpc) is 2.32. The molecule has 0 aliphatic heterocycles. The smallest absolute Gasteiger partial charge is 0.0366 e. The molecule has 0 saturated carbocycles. The van der Waals surface area contributed by atoms with E-state index >= 15 is 0 Å². The van der Waals surface area contributed by atoms with Gasteiger partial charge in [0.15, 0.2) is 0 Å². The number of hydrogen-bond donors (Lipinski definition) is 1. The summed E-state index contributed by atoms with van der Waals surface area (Å²) in [4.78, 5) is 2.44. The monoisotopic (exact) mass is 251 g/mol. The molecular weight excluding hydrogens is 226 g/mol. The molecule has 0 saturated heterocycles. The van der Waals surface area contributed by atoms with E-state index in [-0.39, 0.29) is 0 Å². The Kier molecular flexibility index (Phi) is 5.90. The minimum atomic E-state index is 0.652.